The Labute approximate surface area is 795 Å². The zero-order valence-corrected chi connectivity index (χ0v) is 75.6. The van der Waals surface area contributed by atoms with Crippen molar-refractivity contribution in [1.82, 2.24) is 47.9 Å². The van der Waals surface area contributed by atoms with Gasteiger partial charge in [-0.05, 0) is 137 Å². The first kappa shape index (κ1) is 101. The number of unbranched alkanes of at least 4 members (excludes halogenated alkanes) is 3. The Hall–Kier alpha value is -12.6. The van der Waals surface area contributed by atoms with E-state index in [9.17, 15) is 90.7 Å². The molecule has 9 amide bonds. The number of halogens is 2. The Balaban J connectivity index is 1.05. The predicted octanol–water partition coefficient (Wildman–Crippen LogP) is 0.614. The topological polar surface area (TPSA) is 681 Å². The first-order chi connectivity index (χ1) is 65.8. The number of hydrogen-bond donors (Lipinski definition) is 24. The Bertz CT molecular complexity index is 5760. The molecule has 3 saturated heterocycles. The lowest BCUT2D eigenvalue weighted by Gasteiger charge is -2.44. The molecule has 25 N–H and O–H groups in total. The third-order valence-corrected chi connectivity index (χ3v) is 24.7. The average Bonchev–Trinajstić information content (AvgIpc) is 0.750. The van der Waals surface area contributed by atoms with E-state index in [0.717, 1.165) is 111 Å². The van der Waals surface area contributed by atoms with Gasteiger partial charge in [-0.1, -0.05) is 87.0 Å². The van der Waals surface area contributed by atoms with Crippen LogP contribution < -0.4 is 77.3 Å². The number of hydrogen-bond acceptors (Lipinski definition) is 35. The van der Waals surface area contributed by atoms with Crippen LogP contribution in [0.15, 0.2) is 115 Å². The van der Waals surface area contributed by atoms with Gasteiger partial charge in [-0.25, -0.2) is 0 Å². The summed E-state index contributed by atoms with van der Waals surface area (Å²) >= 11 is 14.8. The highest BCUT2D eigenvalue weighted by atomic mass is 35.5. The minimum atomic E-state index is -2.61. The van der Waals surface area contributed by atoms with E-state index in [-0.39, 0.29) is 46.4 Å². The molecule has 9 aliphatic heterocycles. The fraction of sp³-hybridized carbons (Fsp3) is 0.435. The molecule has 0 unspecified atom stereocenters. The van der Waals surface area contributed by atoms with Crippen LogP contribution in [0.25, 0.3) is 11.1 Å². The number of benzene rings is 7. The van der Waals surface area contributed by atoms with Gasteiger partial charge >= 0.3 is 5.97 Å². The summed E-state index contributed by atoms with van der Waals surface area (Å²) in [5.41, 5.74) is 2.90. The SMILES string of the molecule is CCOC(=O)CNC(=O)[C@H]1NC(=O)[C@H]2NC(=O)[C@H](NC(=O)[C@@H]3NC(=O)[C@H]4NC(=O)[C@@H](Cc5ccc(c(Cl)c5)Oc5cc3cc(c5O[C@@H]3O[C@@H](CO)[C@@H](O)[C@H](O)[C@@H]3NC(=O)CCCCCCC(C)C)Oc3ccc(cc3Cl)[C@H]2O[C@@H]2O[C@@H](CO)[C@@H](O)[C@H](O)[C@@H]2NC(C)=O)NC(=O)[C@H](N)c2ccc(O)c(c2)Oc2cc(O)cc4c2)c2ccc(O)c(c2)-c2c(O[C@H]3O[C@H](CO)[C@@H](O)[C@@H](O)[C@@H]3O)cc(O)cc21. The van der Waals surface area contributed by atoms with Crippen LogP contribution in [0.4, 0.5) is 0 Å². The molecule has 3 fully saturated rings. The molecule has 138 heavy (non-hydrogen) atoms. The molecule has 44 nitrogen and oxygen atoms in total. The van der Waals surface area contributed by atoms with Gasteiger partial charge in [0.05, 0.1) is 36.5 Å². The molecule has 17 bridgehead atoms. The summed E-state index contributed by atoms with van der Waals surface area (Å²) < 4.78 is 63.1. The smallest absolute Gasteiger partial charge is 0.325 e. The molecular weight excluding hydrogens is 1860 g/mol. The first-order valence-electron chi connectivity index (χ1n) is 44.1. The van der Waals surface area contributed by atoms with Crippen LogP contribution in [0, 0.1) is 5.92 Å². The molecule has 740 valence electrons. The van der Waals surface area contributed by atoms with E-state index in [1.54, 1.807) is 0 Å². The molecule has 0 spiro atoms. The van der Waals surface area contributed by atoms with Gasteiger partial charge in [0.2, 0.25) is 71.5 Å². The highest BCUT2D eigenvalue weighted by Crippen LogP contribution is 2.51. The van der Waals surface area contributed by atoms with Gasteiger partial charge in [-0.15, -0.1) is 0 Å². The van der Waals surface area contributed by atoms with Gasteiger partial charge in [0.15, 0.2) is 29.3 Å². The number of rotatable bonds is 22. The summed E-state index contributed by atoms with van der Waals surface area (Å²) in [6.07, 6.45) is -26.2. The van der Waals surface area contributed by atoms with Crippen molar-refractivity contribution in [3.05, 3.63) is 164 Å². The zero-order chi connectivity index (χ0) is 99.3. The Morgan fingerprint density at radius 3 is 1.72 bits per heavy atom. The van der Waals surface area contributed by atoms with Crippen LogP contribution in [0.2, 0.25) is 10.0 Å². The number of esters is 1. The number of ether oxygens (including phenoxy) is 10. The Morgan fingerprint density at radius 2 is 1.08 bits per heavy atom. The maximum absolute atomic E-state index is 17.2. The highest BCUT2D eigenvalue weighted by Gasteiger charge is 2.53. The third kappa shape index (κ3) is 22.5. The van der Waals surface area contributed by atoms with Gasteiger partial charge in [0.25, 0.3) is 0 Å². The lowest BCUT2D eigenvalue weighted by molar-refractivity contribution is -0.284. The van der Waals surface area contributed by atoms with Gasteiger partial charge in [-0.3, -0.25) is 47.9 Å². The number of carbonyl (C=O) groups excluding carboxylic acids is 10. The second-order valence-corrected chi connectivity index (χ2v) is 35.2. The minimum Gasteiger partial charge on any atom is -0.508 e. The van der Waals surface area contributed by atoms with Crippen molar-refractivity contribution in [1.29, 1.82) is 0 Å². The summed E-state index contributed by atoms with van der Waals surface area (Å²) in [6, 6.07) is 0.830. The number of amides is 9. The van der Waals surface area contributed by atoms with E-state index in [1.165, 1.54) is 37.3 Å². The van der Waals surface area contributed by atoms with Crippen LogP contribution in [-0.4, -0.2) is 268 Å². The fourth-order valence-corrected chi connectivity index (χ4v) is 17.4. The van der Waals surface area contributed by atoms with Crippen molar-refractivity contribution in [3.63, 3.8) is 0 Å². The number of nitrogens with one attached hydrogen (secondary N) is 9. The van der Waals surface area contributed by atoms with E-state index in [2.05, 4.69) is 61.7 Å². The summed E-state index contributed by atoms with van der Waals surface area (Å²) in [4.78, 5) is 154. The van der Waals surface area contributed by atoms with Crippen molar-refractivity contribution < 1.29 is 167 Å². The second-order valence-electron chi connectivity index (χ2n) is 34.4. The van der Waals surface area contributed by atoms with E-state index >= 15 is 28.8 Å². The van der Waals surface area contributed by atoms with E-state index < -0.39 is 328 Å². The summed E-state index contributed by atoms with van der Waals surface area (Å²) in [5.74, 6) is -19.7. The number of carbonyl (C=O) groups is 10. The lowest BCUT2D eigenvalue weighted by atomic mass is 9.89. The third-order valence-electron chi connectivity index (χ3n) is 24.1. The van der Waals surface area contributed by atoms with E-state index in [4.69, 9.17) is 76.3 Å². The van der Waals surface area contributed by atoms with Gasteiger partial charge < -0.3 is 172 Å². The number of aliphatic hydroxyl groups excluding tert-OH is 10. The van der Waals surface area contributed by atoms with E-state index in [0.29, 0.717) is 18.8 Å². The van der Waals surface area contributed by atoms with Crippen molar-refractivity contribution in [3.8, 4) is 80.1 Å². The molecule has 0 saturated carbocycles. The minimum absolute atomic E-state index is 0.0226. The zero-order valence-electron chi connectivity index (χ0n) is 74.1. The Morgan fingerprint density at radius 1 is 0.514 bits per heavy atom. The normalized spacial score (nSPS) is 28.1. The summed E-state index contributed by atoms with van der Waals surface area (Å²) in [7, 11) is 0. The standard InChI is InChI=1S/C92H104Cl2N10O34/c1-5-129-64(114)32-96-85(124)70-48-30-45(110)31-57(133-92-80(121)79(120)76(117)62(35-107)136-92)65(48)47-24-40(14-16-52(47)111)67-86(125)104-73(89(128)103-70)81(137-90-71(97-37(4)108)77(118)74(115)60(33-105)134-90)41-15-19-55(50(94)25-41)132-59-28-43-27-58(82(59)138-91-72(78(119)75(116)61(34-106)135-91)99-63(113)11-9-7-6-8-10-36(2)3)131-54-18-12-38(20-49(54)93)21-51-83(122)100-68(87(126)102-69(43)88(127)101-67)42-22-44(109)29-46(23-42)130-56-26-39(13-17-53(56)112)66(95)84(123)98-51/h12-20,22-31,36,51,60-62,66-81,90-92,105-107,109-112,115-121H,5-11,21,32-35,95H2,1-4H3,(H,96,124)(H,97,108)(H,98,123)(H,99,113)(H,100,122)(H,101,127)(H,102,126)(H,103,128)(H,104,125)/t51-,60+,61+,62-,66-,67-,68+,69-,70+,71+,72+,73+,74-,75-,76-,77-,78-,79-,80+,81-,90+,91+,92+/m1/s1. The summed E-state index contributed by atoms with van der Waals surface area (Å²) in [6.45, 7) is 2.12. The largest absolute Gasteiger partial charge is 0.508 e. The molecule has 16 rings (SSSR count). The molecule has 0 aliphatic carbocycles. The Kier molecular flexibility index (Phi) is 32.0. The maximum atomic E-state index is 17.2. The number of aliphatic hydroxyl groups is 10. The number of aromatic hydroxyl groups is 4. The monoisotopic (exact) mass is 1960 g/mol. The van der Waals surface area contributed by atoms with Crippen molar-refractivity contribution in [2.75, 3.05) is 33.0 Å². The average molecular weight is 1960 g/mol. The molecule has 7 aromatic carbocycles. The predicted molar refractivity (Wildman–Crippen MR) is 475 cm³/mol. The molecule has 9 heterocycles. The molecule has 0 aromatic heterocycles. The maximum Gasteiger partial charge on any atom is 0.325 e. The highest BCUT2D eigenvalue weighted by molar-refractivity contribution is 6.32. The van der Waals surface area contributed by atoms with Gasteiger partial charge in [0, 0.05) is 43.0 Å². The molecule has 7 aromatic rings. The number of phenols is 4. The van der Waals surface area contributed by atoms with Crippen molar-refractivity contribution in [2.45, 2.75) is 213 Å². The molecule has 0 radical (unpaired) electrons. The molecule has 9 aliphatic rings. The van der Waals surface area contributed by atoms with Crippen LogP contribution in [-0.2, 0) is 78.1 Å². The van der Waals surface area contributed by atoms with Crippen LogP contribution in [0.3, 0.4) is 0 Å². The van der Waals surface area contributed by atoms with Crippen molar-refractivity contribution in [2.24, 2.45) is 11.7 Å². The van der Waals surface area contributed by atoms with Gasteiger partial charge in [0.1, 0.15) is 168 Å². The van der Waals surface area contributed by atoms with Crippen LogP contribution in [0.5, 0.6) is 69.0 Å². The van der Waals surface area contributed by atoms with Crippen LogP contribution in [0.1, 0.15) is 141 Å². The number of nitrogens with two attached hydrogens (primary N) is 1. The number of fused-ring (bicyclic) bond motifs is 14. The molecule has 46 heteroatoms. The van der Waals surface area contributed by atoms with Crippen molar-refractivity contribution >= 4 is 82.3 Å². The van der Waals surface area contributed by atoms with Crippen LogP contribution >= 0.6 is 23.2 Å². The summed E-state index contributed by atoms with van der Waals surface area (Å²) in [5, 5.41) is 183. The quantitative estimate of drug-likeness (QED) is 0.0327. The van der Waals surface area contributed by atoms with Gasteiger partial charge in [-0.2, -0.15) is 0 Å². The van der Waals surface area contributed by atoms with E-state index in [1.807, 2.05) is 0 Å². The second kappa shape index (κ2) is 43.6. The number of phenolic OH excluding ortho intramolecular Hbond substituents is 4. The fourth-order valence-electron chi connectivity index (χ4n) is 17.0. The first-order valence-corrected chi connectivity index (χ1v) is 44.8. The molecule has 23 atom stereocenters. The molecular formula is C92H104Cl2N10O34. The lowest BCUT2D eigenvalue weighted by Crippen LogP contribution is -2.65.